The van der Waals surface area contributed by atoms with E-state index >= 15 is 0 Å². The van der Waals surface area contributed by atoms with Crippen molar-refractivity contribution in [3.8, 4) is 0 Å². The number of aliphatic hydroxyl groups excluding tert-OH is 1. The van der Waals surface area contributed by atoms with Crippen LogP contribution in [0.15, 0.2) is 24.3 Å². The minimum atomic E-state index is -0.523. The van der Waals surface area contributed by atoms with E-state index in [2.05, 4.69) is 10.6 Å². The molecule has 0 bridgehead atoms. The highest BCUT2D eigenvalue weighted by molar-refractivity contribution is 5.89. The van der Waals surface area contributed by atoms with Crippen molar-refractivity contribution in [2.75, 3.05) is 5.32 Å². The van der Waals surface area contributed by atoms with E-state index in [-0.39, 0.29) is 6.03 Å². The Balaban J connectivity index is 1.59. The van der Waals surface area contributed by atoms with E-state index in [0.29, 0.717) is 17.9 Å². The predicted octanol–water partition coefficient (Wildman–Crippen LogP) is 3.05. The minimum absolute atomic E-state index is 0.128. The molecule has 0 heterocycles. The van der Waals surface area contributed by atoms with E-state index in [4.69, 9.17) is 0 Å². The van der Waals surface area contributed by atoms with Gasteiger partial charge in [-0.25, -0.2) is 4.79 Å². The number of hydrogen-bond acceptors (Lipinski definition) is 2. The van der Waals surface area contributed by atoms with Gasteiger partial charge in [-0.3, -0.25) is 0 Å². The van der Waals surface area contributed by atoms with Gasteiger partial charge in [0.1, 0.15) is 0 Å². The van der Waals surface area contributed by atoms with Crippen LogP contribution in [0, 0.1) is 11.8 Å². The summed E-state index contributed by atoms with van der Waals surface area (Å²) < 4.78 is 0. The van der Waals surface area contributed by atoms with E-state index in [1.165, 1.54) is 25.7 Å². The van der Waals surface area contributed by atoms with E-state index in [1.807, 2.05) is 24.3 Å². The van der Waals surface area contributed by atoms with Gasteiger partial charge in [-0.05, 0) is 62.1 Å². The lowest BCUT2D eigenvalue weighted by atomic mass is 10.1. The molecule has 2 amide bonds. The number of carbonyl (C=O) groups excluding carboxylic acids is 1. The van der Waals surface area contributed by atoms with Crippen molar-refractivity contribution in [3.05, 3.63) is 29.8 Å². The second-order valence-corrected chi connectivity index (χ2v) is 6.10. The number of urea groups is 1. The largest absolute Gasteiger partial charge is 0.389 e. The third kappa shape index (κ3) is 3.31. The Morgan fingerprint density at radius 2 is 1.90 bits per heavy atom. The molecule has 2 aliphatic rings. The number of carbonyl (C=O) groups is 1. The van der Waals surface area contributed by atoms with Gasteiger partial charge in [0.25, 0.3) is 0 Å². The molecule has 0 radical (unpaired) electrons. The standard InChI is InChI=1S/C16H22N2O2/c1-10(19)13-3-2-4-14(9-13)17-16(20)18-15(11-5-6-11)12-7-8-12/h2-4,9-12,15,19H,5-8H2,1H3,(H2,17,18,20). The van der Waals surface area contributed by atoms with Crippen LogP contribution in [-0.4, -0.2) is 17.2 Å². The molecular weight excluding hydrogens is 252 g/mol. The Hall–Kier alpha value is -1.55. The summed E-state index contributed by atoms with van der Waals surface area (Å²) in [5.41, 5.74) is 1.54. The fourth-order valence-corrected chi connectivity index (χ4v) is 2.73. The van der Waals surface area contributed by atoms with Crippen molar-refractivity contribution in [3.63, 3.8) is 0 Å². The molecule has 3 rings (SSSR count). The molecule has 1 aromatic rings. The number of amides is 2. The number of aliphatic hydroxyl groups is 1. The van der Waals surface area contributed by atoms with Gasteiger partial charge in [-0.15, -0.1) is 0 Å². The summed E-state index contributed by atoms with van der Waals surface area (Å²) in [5, 5.41) is 15.6. The van der Waals surface area contributed by atoms with Crippen LogP contribution < -0.4 is 10.6 Å². The lowest BCUT2D eigenvalue weighted by molar-refractivity contribution is 0.199. The van der Waals surface area contributed by atoms with Crippen LogP contribution in [0.1, 0.15) is 44.3 Å². The molecule has 1 atom stereocenters. The van der Waals surface area contributed by atoms with E-state index in [0.717, 1.165) is 11.3 Å². The first-order valence-corrected chi connectivity index (χ1v) is 7.49. The molecule has 0 spiro atoms. The van der Waals surface area contributed by atoms with Gasteiger partial charge in [0.2, 0.25) is 0 Å². The van der Waals surface area contributed by atoms with Crippen molar-refractivity contribution >= 4 is 11.7 Å². The van der Waals surface area contributed by atoms with Gasteiger partial charge in [0, 0.05) is 11.7 Å². The summed E-state index contributed by atoms with van der Waals surface area (Å²) in [6.07, 6.45) is 4.47. The zero-order chi connectivity index (χ0) is 14.1. The molecule has 4 heteroatoms. The van der Waals surface area contributed by atoms with E-state index in [9.17, 15) is 9.90 Å². The van der Waals surface area contributed by atoms with Crippen molar-refractivity contribution in [1.82, 2.24) is 5.32 Å². The average molecular weight is 274 g/mol. The highest BCUT2D eigenvalue weighted by Crippen LogP contribution is 2.44. The van der Waals surface area contributed by atoms with Gasteiger partial charge in [0.15, 0.2) is 0 Å². The molecule has 4 nitrogen and oxygen atoms in total. The van der Waals surface area contributed by atoms with Gasteiger partial charge >= 0.3 is 6.03 Å². The molecule has 2 fully saturated rings. The molecule has 0 saturated heterocycles. The summed E-state index contributed by atoms with van der Waals surface area (Å²) in [6, 6.07) is 7.58. The van der Waals surface area contributed by atoms with Crippen LogP contribution in [-0.2, 0) is 0 Å². The van der Waals surface area contributed by atoms with Crippen LogP contribution in [0.4, 0.5) is 10.5 Å². The van der Waals surface area contributed by atoms with Gasteiger partial charge < -0.3 is 15.7 Å². The average Bonchev–Trinajstić information content (AvgIpc) is 3.28. The zero-order valence-electron chi connectivity index (χ0n) is 11.8. The number of nitrogens with one attached hydrogen (secondary N) is 2. The van der Waals surface area contributed by atoms with Crippen molar-refractivity contribution < 1.29 is 9.90 Å². The third-order valence-electron chi connectivity index (χ3n) is 4.18. The predicted molar refractivity (Wildman–Crippen MR) is 78.5 cm³/mol. The second kappa shape index (κ2) is 5.44. The minimum Gasteiger partial charge on any atom is -0.389 e. The summed E-state index contributed by atoms with van der Waals surface area (Å²) in [6.45, 7) is 1.72. The number of anilines is 1. The lowest BCUT2D eigenvalue weighted by Crippen LogP contribution is -2.40. The molecular formula is C16H22N2O2. The molecule has 3 N–H and O–H groups in total. The van der Waals surface area contributed by atoms with Crippen molar-refractivity contribution in [2.24, 2.45) is 11.8 Å². The maximum Gasteiger partial charge on any atom is 0.319 e. The summed E-state index contributed by atoms with van der Waals surface area (Å²) in [7, 11) is 0. The van der Waals surface area contributed by atoms with Crippen molar-refractivity contribution in [1.29, 1.82) is 0 Å². The van der Waals surface area contributed by atoms with Crippen LogP contribution in [0.2, 0.25) is 0 Å². The van der Waals surface area contributed by atoms with Crippen LogP contribution in [0.5, 0.6) is 0 Å². The Bertz CT molecular complexity index is 481. The fraction of sp³-hybridized carbons (Fsp3) is 0.562. The van der Waals surface area contributed by atoms with Crippen LogP contribution in [0.3, 0.4) is 0 Å². The second-order valence-electron chi connectivity index (χ2n) is 6.10. The maximum absolute atomic E-state index is 12.1. The van der Waals surface area contributed by atoms with E-state index in [1.54, 1.807) is 6.92 Å². The lowest BCUT2D eigenvalue weighted by Gasteiger charge is -2.18. The van der Waals surface area contributed by atoms with Gasteiger partial charge in [-0.2, -0.15) is 0 Å². The van der Waals surface area contributed by atoms with Crippen molar-refractivity contribution in [2.45, 2.75) is 44.8 Å². The topological polar surface area (TPSA) is 61.4 Å². The molecule has 0 aliphatic heterocycles. The highest BCUT2D eigenvalue weighted by Gasteiger charge is 2.42. The fourth-order valence-electron chi connectivity index (χ4n) is 2.73. The Kier molecular flexibility index (Phi) is 3.66. The Morgan fingerprint density at radius 1 is 1.25 bits per heavy atom. The zero-order valence-corrected chi connectivity index (χ0v) is 11.8. The molecule has 1 aromatic carbocycles. The first kappa shape index (κ1) is 13.4. The normalized spacial score (nSPS) is 19.8. The summed E-state index contributed by atoms with van der Waals surface area (Å²) >= 11 is 0. The van der Waals surface area contributed by atoms with Gasteiger partial charge in [-0.1, -0.05) is 12.1 Å². The summed E-state index contributed by atoms with van der Waals surface area (Å²) in [4.78, 5) is 12.1. The molecule has 20 heavy (non-hydrogen) atoms. The number of hydrogen-bond donors (Lipinski definition) is 3. The SMILES string of the molecule is CC(O)c1cccc(NC(=O)NC(C2CC2)C2CC2)c1. The monoisotopic (exact) mass is 274 g/mol. The quantitative estimate of drug-likeness (QED) is 0.773. The molecule has 108 valence electrons. The Labute approximate surface area is 119 Å². The molecule has 1 unspecified atom stereocenters. The molecule has 2 aliphatic carbocycles. The summed E-state index contributed by atoms with van der Waals surface area (Å²) in [5.74, 6) is 1.38. The third-order valence-corrected chi connectivity index (χ3v) is 4.18. The first-order chi connectivity index (χ1) is 9.63. The molecule has 0 aromatic heterocycles. The van der Waals surface area contributed by atoms with Crippen LogP contribution >= 0.6 is 0 Å². The highest BCUT2D eigenvalue weighted by atomic mass is 16.3. The van der Waals surface area contributed by atoms with E-state index < -0.39 is 6.10 Å². The van der Waals surface area contributed by atoms with Crippen LogP contribution in [0.25, 0.3) is 0 Å². The van der Waals surface area contributed by atoms with Gasteiger partial charge in [0.05, 0.1) is 6.10 Å². The number of benzene rings is 1. The Morgan fingerprint density at radius 3 is 2.45 bits per heavy atom. The number of rotatable bonds is 5. The molecule has 2 saturated carbocycles. The smallest absolute Gasteiger partial charge is 0.319 e. The maximum atomic E-state index is 12.1. The first-order valence-electron chi connectivity index (χ1n) is 7.49.